The Morgan fingerprint density at radius 1 is 1.18 bits per heavy atom. The molecule has 4 rings (SSSR count). The van der Waals surface area contributed by atoms with E-state index in [4.69, 9.17) is 0 Å². The number of nitrogens with one attached hydrogen (secondary N) is 1. The van der Waals surface area contributed by atoms with Crippen molar-refractivity contribution in [2.75, 3.05) is 11.9 Å². The van der Waals surface area contributed by atoms with E-state index in [1.807, 2.05) is 38.1 Å². The summed E-state index contributed by atoms with van der Waals surface area (Å²) in [6.07, 6.45) is 2.93. The average molecular weight is 373 g/mol. The highest BCUT2D eigenvalue weighted by atomic mass is 16.1. The topological polar surface area (TPSA) is 72.7 Å². The normalized spacial score (nSPS) is 15.9. The summed E-state index contributed by atoms with van der Waals surface area (Å²) >= 11 is 0. The maximum absolute atomic E-state index is 13.1. The average Bonchev–Trinajstić information content (AvgIpc) is 3.05. The van der Waals surface area contributed by atoms with E-state index in [0.29, 0.717) is 36.7 Å². The van der Waals surface area contributed by atoms with Crippen molar-refractivity contribution in [2.45, 2.75) is 32.6 Å². The number of carbonyl (C=O) groups is 1. The highest BCUT2D eigenvalue weighted by Gasteiger charge is 2.34. The highest BCUT2D eigenvalue weighted by Crippen LogP contribution is 2.36. The molecule has 1 aromatic carbocycles. The molecule has 0 saturated heterocycles. The van der Waals surface area contributed by atoms with Gasteiger partial charge in [0.25, 0.3) is 5.95 Å². The predicted molar refractivity (Wildman–Crippen MR) is 109 cm³/mol. The number of anilines is 1. The van der Waals surface area contributed by atoms with E-state index in [2.05, 4.69) is 39.1 Å². The summed E-state index contributed by atoms with van der Waals surface area (Å²) in [7, 11) is 0. The van der Waals surface area contributed by atoms with Crippen molar-refractivity contribution in [1.82, 2.24) is 19.7 Å². The third kappa shape index (κ3) is 3.33. The molecule has 1 aliphatic carbocycles. The maximum atomic E-state index is 13.1. The van der Waals surface area contributed by atoms with Crippen LogP contribution in [0.1, 0.15) is 45.3 Å². The number of hydrogen-bond donors (Lipinski definition) is 1. The molecule has 6 heteroatoms. The Bertz CT molecular complexity index is 1020. The Morgan fingerprint density at radius 2 is 1.89 bits per heavy atom. The smallest absolute Gasteiger partial charge is 0.251 e. The number of carbonyl (C=O) groups excluding carboxylic acids is 1. The van der Waals surface area contributed by atoms with Gasteiger partial charge >= 0.3 is 0 Å². The minimum Gasteiger partial charge on any atom is -0.365 e. The lowest BCUT2D eigenvalue weighted by molar-refractivity contribution is 0.0964. The summed E-state index contributed by atoms with van der Waals surface area (Å²) in [5.74, 6) is 1.29. The molecule has 6 nitrogen and oxygen atoms in total. The first-order valence-corrected chi connectivity index (χ1v) is 9.44. The number of aryl methyl sites for hydroxylation is 2. The lowest BCUT2D eigenvalue weighted by atomic mass is 9.82. The van der Waals surface area contributed by atoms with Gasteiger partial charge in [-0.2, -0.15) is 0 Å². The van der Waals surface area contributed by atoms with E-state index < -0.39 is 0 Å². The molecule has 1 N–H and O–H groups in total. The molecule has 0 fully saturated rings. The van der Waals surface area contributed by atoms with Gasteiger partial charge in [-0.3, -0.25) is 4.79 Å². The van der Waals surface area contributed by atoms with Gasteiger partial charge in [0.1, 0.15) is 0 Å². The summed E-state index contributed by atoms with van der Waals surface area (Å²) in [5.41, 5.74) is 4.41. The quantitative estimate of drug-likeness (QED) is 0.689. The van der Waals surface area contributed by atoms with Crippen LogP contribution in [0, 0.1) is 13.8 Å². The van der Waals surface area contributed by atoms with Crippen LogP contribution in [-0.4, -0.2) is 32.1 Å². The number of nitrogens with zero attached hydrogens (tertiary/aromatic N) is 4. The maximum Gasteiger partial charge on any atom is 0.251 e. The van der Waals surface area contributed by atoms with Crippen LogP contribution in [0.4, 0.5) is 5.82 Å². The van der Waals surface area contributed by atoms with E-state index in [1.54, 1.807) is 10.8 Å². The van der Waals surface area contributed by atoms with Crippen LogP contribution in [0.25, 0.3) is 5.95 Å². The van der Waals surface area contributed by atoms with Crippen LogP contribution in [0.3, 0.4) is 0 Å². The van der Waals surface area contributed by atoms with Crippen molar-refractivity contribution < 1.29 is 4.79 Å². The lowest BCUT2D eigenvalue weighted by Crippen LogP contribution is -2.21. The molecular weight excluding hydrogens is 350 g/mol. The molecule has 1 aliphatic rings. The zero-order valence-corrected chi connectivity index (χ0v) is 16.1. The monoisotopic (exact) mass is 373 g/mol. The molecule has 0 saturated carbocycles. The molecule has 0 unspecified atom stereocenters. The Balaban J connectivity index is 1.84. The zero-order valence-electron chi connectivity index (χ0n) is 16.1. The SMILES string of the molecule is C=CCNc1nn(-c2nc(C)cc(C)n2)c2c1C(=O)C[C@@H](c1ccccc1)C2. The molecule has 0 radical (unpaired) electrons. The second kappa shape index (κ2) is 7.38. The van der Waals surface area contributed by atoms with Crippen molar-refractivity contribution in [2.24, 2.45) is 0 Å². The number of hydrogen-bond acceptors (Lipinski definition) is 5. The molecule has 28 heavy (non-hydrogen) atoms. The molecule has 0 spiro atoms. The minimum atomic E-state index is 0.0947. The van der Waals surface area contributed by atoms with E-state index in [-0.39, 0.29) is 11.7 Å². The first-order chi connectivity index (χ1) is 13.6. The van der Waals surface area contributed by atoms with Gasteiger partial charge in [-0.25, -0.2) is 14.6 Å². The van der Waals surface area contributed by atoms with Gasteiger partial charge in [0.05, 0.1) is 11.3 Å². The van der Waals surface area contributed by atoms with Gasteiger partial charge in [0.15, 0.2) is 11.6 Å². The number of aromatic nitrogens is 4. The van der Waals surface area contributed by atoms with Gasteiger partial charge in [0, 0.05) is 24.4 Å². The molecule has 1 atom stereocenters. The summed E-state index contributed by atoms with van der Waals surface area (Å²) in [5, 5.41) is 7.87. The van der Waals surface area contributed by atoms with E-state index in [1.165, 1.54) is 0 Å². The fourth-order valence-corrected chi connectivity index (χ4v) is 3.79. The van der Waals surface area contributed by atoms with Gasteiger partial charge in [-0.15, -0.1) is 11.7 Å². The molecule has 0 amide bonds. The summed E-state index contributed by atoms with van der Waals surface area (Å²) in [4.78, 5) is 22.2. The van der Waals surface area contributed by atoms with Crippen LogP contribution in [-0.2, 0) is 6.42 Å². The van der Waals surface area contributed by atoms with Crippen LogP contribution in [0.15, 0.2) is 49.1 Å². The summed E-state index contributed by atoms with van der Waals surface area (Å²) in [6, 6.07) is 12.1. The van der Waals surface area contributed by atoms with E-state index in [0.717, 1.165) is 22.6 Å². The van der Waals surface area contributed by atoms with Crippen LogP contribution in [0.2, 0.25) is 0 Å². The van der Waals surface area contributed by atoms with Gasteiger partial charge in [-0.1, -0.05) is 36.4 Å². The Kier molecular flexibility index (Phi) is 4.77. The Labute approximate surface area is 164 Å². The fraction of sp³-hybridized carbons (Fsp3) is 0.273. The first-order valence-electron chi connectivity index (χ1n) is 9.44. The van der Waals surface area contributed by atoms with Gasteiger partial charge in [0.2, 0.25) is 0 Å². The van der Waals surface area contributed by atoms with Crippen LogP contribution >= 0.6 is 0 Å². The largest absolute Gasteiger partial charge is 0.365 e. The number of ketones is 1. The Morgan fingerprint density at radius 3 is 2.57 bits per heavy atom. The van der Waals surface area contributed by atoms with Crippen LogP contribution < -0.4 is 5.32 Å². The van der Waals surface area contributed by atoms with Gasteiger partial charge in [-0.05, 0) is 37.8 Å². The van der Waals surface area contributed by atoms with Gasteiger partial charge < -0.3 is 5.32 Å². The second-order valence-electron chi connectivity index (χ2n) is 7.14. The number of rotatable bonds is 5. The van der Waals surface area contributed by atoms with E-state index >= 15 is 0 Å². The van der Waals surface area contributed by atoms with Crippen molar-refractivity contribution in [3.63, 3.8) is 0 Å². The third-order valence-electron chi connectivity index (χ3n) is 4.98. The molecule has 0 aliphatic heterocycles. The summed E-state index contributed by atoms with van der Waals surface area (Å²) in [6.45, 7) is 8.14. The highest BCUT2D eigenvalue weighted by molar-refractivity contribution is 6.03. The fourth-order valence-electron chi connectivity index (χ4n) is 3.79. The molecule has 2 heterocycles. The Hall–Kier alpha value is -3.28. The van der Waals surface area contributed by atoms with E-state index in [9.17, 15) is 4.79 Å². The minimum absolute atomic E-state index is 0.0947. The van der Waals surface area contributed by atoms with Crippen molar-refractivity contribution in [3.8, 4) is 5.95 Å². The first kappa shape index (κ1) is 18.1. The number of Topliss-reactive ketones (excluding diaryl/α,β-unsaturated/α-hetero) is 1. The molecular formula is C22H23N5O. The van der Waals surface area contributed by atoms with Crippen molar-refractivity contribution in [3.05, 3.63) is 77.3 Å². The standard InChI is InChI=1S/C22H23N5O/c1-4-10-23-21-20-18(27(26-21)22-24-14(2)11-15(3)25-22)12-17(13-19(20)28)16-8-6-5-7-9-16/h4-9,11,17H,1,10,12-13H2,2-3H3,(H,23,26)/t17-/m0/s1. The van der Waals surface area contributed by atoms with Crippen LogP contribution in [0.5, 0.6) is 0 Å². The summed E-state index contributed by atoms with van der Waals surface area (Å²) < 4.78 is 1.73. The van der Waals surface area contributed by atoms with Crippen molar-refractivity contribution >= 4 is 11.6 Å². The molecule has 3 aromatic rings. The molecule has 142 valence electrons. The predicted octanol–water partition coefficient (Wildman–Crippen LogP) is 3.79. The van der Waals surface area contributed by atoms with Crippen molar-refractivity contribution in [1.29, 1.82) is 0 Å². The molecule has 2 aromatic heterocycles. The second-order valence-corrected chi connectivity index (χ2v) is 7.14. The number of fused-ring (bicyclic) bond motifs is 1. The third-order valence-corrected chi connectivity index (χ3v) is 4.98. The number of benzene rings is 1. The zero-order chi connectivity index (χ0) is 19.7. The molecule has 0 bridgehead atoms. The lowest BCUT2D eigenvalue weighted by Gasteiger charge is -2.23.